The van der Waals surface area contributed by atoms with Crippen molar-refractivity contribution in [3.63, 3.8) is 0 Å². The van der Waals surface area contributed by atoms with Crippen LogP contribution in [0.1, 0.15) is 42.1 Å². The molecule has 2 heterocycles. The largest absolute Gasteiger partial charge is 0.333 e. The molecule has 2 aromatic heterocycles. The smallest absolute Gasteiger partial charge is 0.306 e. The molecule has 2 aliphatic rings. The van der Waals surface area contributed by atoms with E-state index < -0.39 is 16.1 Å². The maximum Gasteiger partial charge on any atom is 0.333 e. The molecule has 0 radical (unpaired) electrons. The molecule has 2 aliphatic carbocycles. The number of rotatable bonds is 5. The number of nitrogens with zero attached hydrogens (tertiary/aromatic N) is 3. The summed E-state index contributed by atoms with van der Waals surface area (Å²) in [4.78, 5) is 17.0. The van der Waals surface area contributed by atoms with Gasteiger partial charge in [-0.3, -0.25) is 9.67 Å². The zero-order chi connectivity index (χ0) is 21.6. The third-order valence-corrected chi connectivity index (χ3v) is 6.96. The monoisotopic (exact) mass is 437 g/mol. The lowest BCUT2D eigenvalue weighted by atomic mass is 9.97. The molecule has 3 aromatic rings. The number of carbonyl (C=O) groups is 1. The predicted molar refractivity (Wildman–Crippen MR) is 116 cm³/mol. The van der Waals surface area contributed by atoms with Crippen LogP contribution < -0.4 is 10.0 Å². The molecule has 1 saturated carbocycles. The van der Waals surface area contributed by atoms with Crippen LogP contribution in [0.25, 0.3) is 11.1 Å². The highest BCUT2D eigenvalue weighted by Crippen LogP contribution is 2.38. The Morgan fingerprint density at radius 1 is 1.16 bits per heavy atom. The second-order valence-corrected chi connectivity index (χ2v) is 9.72. The Bertz CT molecular complexity index is 1280. The molecule has 1 aromatic carbocycles. The molecule has 0 spiro atoms. The van der Waals surface area contributed by atoms with Crippen LogP contribution in [0, 0.1) is 6.92 Å². The zero-order valence-electron chi connectivity index (χ0n) is 17.1. The molecule has 0 bridgehead atoms. The van der Waals surface area contributed by atoms with Crippen LogP contribution in [0.15, 0.2) is 47.8 Å². The first-order chi connectivity index (χ1) is 14.9. The molecule has 0 aliphatic heterocycles. The molecule has 0 unspecified atom stereocenters. The Hall–Kier alpha value is -3.20. The quantitative estimate of drug-likeness (QED) is 0.635. The topological polar surface area (TPSA) is 106 Å². The van der Waals surface area contributed by atoms with Crippen molar-refractivity contribution in [1.29, 1.82) is 0 Å². The van der Waals surface area contributed by atoms with E-state index in [4.69, 9.17) is 0 Å². The van der Waals surface area contributed by atoms with Gasteiger partial charge in [0.25, 0.3) is 10.0 Å². The lowest BCUT2D eigenvalue weighted by Gasteiger charge is -2.16. The molecule has 31 heavy (non-hydrogen) atoms. The Labute approximate surface area is 180 Å². The van der Waals surface area contributed by atoms with Gasteiger partial charge in [-0.1, -0.05) is 12.1 Å². The van der Waals surface area contributed by atoms with Crippen LogP contribution in [0.4, 0.5) is 10.5 Å². The van der Waals surface area contributed by atoms with Gasteiger partial charge in [-0.15, -0.1) is 0 Å². The number of aryl methyl sites for hydroxylation is 2. The van der Waals surface area contributed by atoms with Gasteiger partial charge in [0, 0.05) is 23.7 Å². The number of anilines is 1. The third kappa shape index (κ3) is 3.93. The summed E-state index contributed by atoms with van der Waals surface area (Å²) in [5.74, 6) is 0. The second-order valence-electron chi connectivity index (χ2n) is 8.09. The molecule has 160 valence electrons. The average Bonchev–Trinajstić information content (AvgIpc) is 3.24. The third-order valence-electron chi connectivity index (χ3n) is 5.74. The first kappa shape index (κ1) is 19.7. The van der Waals surface area contributed by atoms with Gasteiger partial charge in [-0.05, 0) is 73.9 Å². The lowest BCUT2D eigenvalue weighted by Crippen LogP contribution is -2.35. The molecule has 2 amide bonds. The van der Waals surface area contributed by atoms with Gasteiger partial charge in [0.05, 0.1) is 11.7 Å². The van der Waals surface area contributed by atoms with Crippen molar-refractivity contribution in [2.24, 2.45) is 0 Å². The first-order valence-corrected chi connectivity index (χ1v) is 11.9. The number of amides is 2. The molecule has 0 saturated heterocycles. The maximum atomic E-state index is 12.8. The van der Waals surface area contributed by atoms with Crippen LogP contribution >= 0.6 is 0 Å². The number of sulfonamides is 1. The van der Waals surface area contributed by atoms with Crippen molar-refractivity contribution in [3.05, 3.63) is 59.5 Å². The summed E-state index contributed by atoms with van der Waals surface area (Å²) in [7, 11) is -4.07. The number of aromatic nitrogens is 3. The Morgan fingerprint density at radius 3 is 2.77 bits per heavy atom. The highest BCUT2D eigenvalue weighted by atomic mass is 32.2. The highest BCUT2D eigenvalue weighted by Gasteiger charge is 2.28. The number of urea groups is 1. The van der Waals surface area contributed by atoms with Crippen LogP contribution in [0.5, 0.6) is 0 Å². The van der Waals surface area contributed by atoms with Gasteiger partial charge in [0.2, 0.25) is 0 Å². The molecule has 0 atom stereocenters. The van der Waals surface area contributed by atoms with E-state index in [1.807, 2.05) is 25.1 Å². The van der Waals surface area contributed by atoms with Crippen LogP contribution in [-0.2, 0) is 22.9 Å². The van der Waals surface area contributed by atoms with E-state index in [9.17, 15) is 13.2 Å². The standard InChI is InChI=1S/C22H23N5O3S/c1-14-13-16(9-11-23-14)19-8-5-15-3-2-4-18(15)21(19)24-22(28)26-31(29,30)20-10-12-27(25-20)17-6-7-17/h5,8-13,17H,2-4,6-7H2,1H3,(H2,24,26,28). The van der Waals surface area contributed by atoms with E-state index in [0.717, 1.165) is 54.5 Å². The van der Waals surface area contributed by atoms with Gasteiger partial charge in [-0.2, -0.15) is 13.5 Å². The summed E-state index contributed by atoms with van der Waals surface area (Å²) in [6.07, 6.45) is 8.12. The predicted octanol–water partition coefficient (Wildman–Crippen LogP) is 3.59. The van der Waals surface area contributed by atoms with E-state index in [1.54, 1.807) is 17.1 Å². The number of carbonyl (C=O) groups excluding carboxylic acids is 1. The minimum atomic E-state index is -4.07. The Morgan fingerprint density at radius 2 is 2.00 bits per heavy atom. The molecule has 1 fully saturated rings. The molecular formula is C22H23N5O3S. The van der Waals surface area contributed by atoms with E-state index in [2.05, 4.69) is 26.2 Å². The molecule has 8 nitrogen and oxygen atoms in total. The van der Waals surface area contributed by atoms with Crippen molar-refractivity contribution in [2.45, 2.75) is 50.1 Å². The minimum Gasteiger partial charge on any atom is -0.306 e. The fraction of sp³-hybridized carbons (Fsp3) is 0.318. The van der Waals surface area contributed by atoms with Gasteiger partial charge in [0.15, 0.2) is 5.03 Å². The van der Waals surface area contributed by atoms with Crippen molar-refractivity contribution in [3.8, 4) is 11.1 Å². The SMILES string of the molecule is Cc1cc(-c2ccc3c(c2NC(=O)NS(=O)(=O)c2ccn(C4CC4)n2)CCC3)ccn1. The molecule has 9 heteroatoms. The maximum absolute atomic E-state index is 12.8. The highest BCUT2D eigenvalue weighted by molar-refractivity contribution is 7.90. The Kier molecular flexibility index (Phi) is 4.77. The van der Waals surface area contributed by atoms with E-state index >= 15 is 0 Å². The summed E-state index contributed by atoms with van der Waals surface area (Å²) in [6.45, 7) is 1.91. The van der Waals surface area contributed by atoms with Crippen molar-refractivity contribution in [2.75, 3.05) is 5.32 Å². The normalized spacial score (nSPS) is 15.5. The molecule has 2 N–H and O–H groups in total. The number of pyridine rings is 1. The van der Waals surface area contributed by atoms with E-state index in [-0.39, 0.29) is 11.1 Å². The molecule has 5 rings (SSSR count). The number of benzene rings is 1. The second kappa shape index (κ2) is 7.49. The summed E-state index contributed by atoms with van der Waals surface area (Å²) in [5, 5.41) is 6.77. The van der Waals surface area contributed by atoms with Gasteiger partial charge in [-0.25, -0.2) is 9.52 Å². The van der Waals surface area contributed by atoms with Crippen LogP contribution in [-0.4, -0.2) is 29.2 Å². The summed E-state index contributed by atoms with van der Waals surface area (Å²) >= 11 is 0. The van der Waals surface area contributed by atoms with Gasteiger partial charge in [0.1, 0.15) is 0 Å². The number of hydrogen-bond acceptors (Lipinski definition) is 5. The number of hydrogen-bond donors (Lipinski definition) is 2. The minimum absolute atomic E-state index is 0.155. The van der Waals surface area contributed by atoms with Crippen molar-refractivity contribution in [1.82, 2.24) is 19.5 Å². The van der Waals surface area contributed by atoms with Crippen LogP contribution in [0.3, 0.4) is 0 Å². The summed E-state index contributed by atoms with van der Waals surface area (Å²) in [5.41, 5.74) is 5.51. The van der Waals surface area contributed by atoms with E-state index in [0.29, 0.717) is 5.69 Å². The number of nitrogens with one attached hydrogen (secondary N) is 2. The fourth-order valence-electron chi connectivity index (χ4n) is 4.08. The van der Waals surface area contributed by atoms with E-state index in [1.165, 1.54) is 11.6 Å². The van der Waals surface area contributed by atoms with Crippen LogP contribution in [0.2, 0.25) is 0 Å². The summed E-state index contributed by atoms with van der Waals surface area (Å²) in [6, 6.07) is 8.76. The Balaban J connectivity index is 1.43. The van der Waals surface area contributed by atoms with Gasteiger partial charge >= 0.3 is 6.03 Å². The number of fused-ring (bicyclic) bond motifs is 1. The average molecular weight is 438 g/mol. The van der Waals surface area contributed by atoms with Gasteiger partial charge < -0.3 is 5.32 Å². The summed E-state index contributed by atoms with van der Waals surface area (Å²) < 4.78 is 29.1. The van der Waals surface area contributed by atoms with Crippen molar-refractivity contribution < 1.29 is 13.2 Å². The fourth-order valence-corrected chi connectivity index (χ4v) is 4.92. The lowest BCUT2D eigenvalue weighted by molar-refractivity contribution is 0.256. The first-order valence-electron chi connectivity index (χ1n) is 10.4. The molecular weight excluding hydrogens is 414 g/mol. The van der Waals surface area contributed by atoms with Crippen molar-refractivity contribution >= 4 is 21.7 Å². The zero-order valence-corrected chi connectivity index (χ0v) is 17.9.